The molecule has 3 aromatic rings. The van der Waals surface area contributed by atoms with Gasteiger partial charge in [-0.25, -0.2) is 9.78 Å². The number of aromatic nitrogens is 3. The Hall–Kier alpha value is -3.06. The fourth-order valence-electron chi connectivity index (χ4n) is 3.26. The zero-order chi connectivity index (χ0) is 19.5. The molecule has 28 heavy (non-hydrogen) atoms. The van der Waals surface area contributed by atoms with Gasteiger partial charge < -0.3 is 15.3 Å². The quantitative estimate of drug-likeness (QED) is 0.709. The lowest BCUT2D eigenvalue weighted by molar-refractivity contribution is 0.191. The minimum absolute atomic E-state index is 0.0940. The van der Waals surface area contributed by atoms with E-state index in [-0.39, 0.29) is 11.9 Å². The molecule has 8 heteroatoms. The molecular formula is C20H20ClN5O2. The van der Waals surface area contributed by atoms with Crippen LogP contribution in [0.1, 0.15) is 16.8 Å². The largest absolute Gasteiger partial charge is 0.493 e. The molecule has 0 bridgehead atoms. The highest BCUT2D eigenvalue weighted by atomic mass is 35.5. The Balaban J connectivity index is 1.38. The first-order valence-corrected chi connectivity index (χ1v) is 9.48. The minimum Gasteiger partial charge on any atom is -0.493 e. The second kappa shape index (κ2) is 7.90. The Bertz CT molecular complexity index is 972. The molecule has 2 amide bonds. The minimum atomic E-state index is -0.133. The predicted molar refractivity (Wildman–Crippen MR) is 106 cm³/mol. The van der Waals surface area contributed by atoms with Crippen LogP contribution in [0.15, 0.2) is 48.7 Å². The summed E-state index contributed by atoms with van der Waals surface area (Å²) < 4.78 is 1.42. The summed E-state index contributed by atoms with van der Waals surface area (Å²) >= 11 is 5.89. The molecule has 0 saturated heterocycles. The summed E-state index contributed by atoms with van der Waals surface area (Å²) in [5.41, 5.74) is 2.59. The van der Waals surface area contributed by atoms with E-state index >= 15 is 0 Å². The molecule has 2 N–H and O–H groups in total. The van der Waals surface area contributed by atoms with Crippen molar-refractivity contribution < 1.29 is 9.90 Å². The van der Waals surface area contributed by atoms with Gasteiger partial charge in [0, 0.05) is 29.9 Å². The molecule has 0 aliphatic carbocycles. The van der Waals surface area contributed by atoms with E-state index in [1.165, 1.54) is 4.68 Å². The lowest BCUT2D eigenvalue weighted by atomic mass is 10.1. The topological polar surface area (TPSA) is 83.3 Å². The monoisotopic (exact) mass is 397 g/mol. The van der Waals surface area contributed by atoms with Crippen molar-refractivity contribution in [3.05, 3.63) is 70.5 Å². The van der Waals surface area contributed by atoms with Crippen LogP contribution in [0.2, 0.25) is 5.02 Å². The summed E-state index contributed by atoms with van der Waals surface area (Å²) in [5, 5.41) is 18.6. The molecule has 3 heterocycles. The van der Waals surface area contributed by atoms with Gasteiger partial charge in [-0.2, -0.15) is 9.78 Å². The molecule has 0 unspecified atom stereocenters. The van der Waals surface area contributed by atoms with Crippen molar-refractivity contribution in [1.29, 1.82) is 0 Å². The molecular weight excluding hydrogens is 378 g/mol. The fourth-order valence-corrected chi connectivity index (χ4v) is 3.39. The second-order valence-electron chi connectivity index (χ2n) is 6.63. The number of amides is 2. The zero-order valence-electron chi connectivity index (χ0n) is 15.2. The van der Waals surface area contributed by atoms with Crippen LogP contribution in [0.25, 0.3) is 5.82 Å². The van der Waals surface area contributed by atoms with E-state index < -0.39 is 0 Å². The molecule has 0 saturated carbocycles. The molecule has 0 radical (unpaired) electrons. The summed E-state index contributed by atoms with van der Waals surface area (Å²) in [7, 11) is 0. The maximum absolute atomic E-state index is 12.5. The Morgan fingerprint density at radius 2 is 2.04 bits per heavy atom. The fraction of sp³-hybridized carbons (Fsp3) is 0.250. The second-order valence-corrected chi connectivity index (χ2v) is 7.06. The summed E-state index contributed by atoms with van der Waals surface area (Å²) in [4.78, 5) is 18.4. The summed E-state index contributed by atoms with van der Waals surface area (Å²) in [6, 6.07) is 12.9. The molecule has 0 atom stereocenters. The number of aromatic hydroxyl groups is 1. The number of fused-ring (bicyclic) bond motifs is 1. The third kappa shape index (κ3) is 3.80. The van der Waals surface area contributed by atoms with Crippen molar-refractivity contribution in [2.24, 2.45) is 0 Å². The lowest BCUT2D eigenvalue weighted by Crippen LogP contribution is -2.43. The molecule has 144 valence electrons. The van der Waals surface area contributed by atoms with Crippen LogP contribution < -0.4 is 5.32 Å². The van der Waals surface area contributed by atoms with Crippen molar-refractivity contribution in [3.8, 4) is 11.7 Å². The van der Waals surface area contributed by atoms with Gasteiger partial charge in [0.25, 0.3) is 0 Å². The third-order valence-electron chi connectivity index (χ3n) is 4.77. The standard InChI is InChI=1S/C20H20ClN5O2/c21-15-6-4-14(5-7-15)8-11-23-20(28)25-12-9-16-17(13-25)24-26(19(16)27)18-3-1-2-10-22-18/h1-7,10,27H,8-9,11-13H2,(H,23,28). The Morgan fingerprint density at radius 3 is 2.79 bits per heavy atom. The van der Waals surface area contributed by atoms with E-state index in [1.54, 1.807) is 23.2 Å². The van der Waals surface area contributed by atoms with E-state index in [0.29, 0.717) is 42.6 Å². The molecule has 1 aliphatic heterocycles. The highest BCUT2D eigenvalue weighted by Gasteiger charge is 2.27. The van der Waals surface area contributed by atoms with Crippen molar-refractivity contribution >= 4 is 17.6 Å². The van der Waals surface area contributed by atoms with Crippen molar-refractivity contribution in [2.75, 3.05) is 13.1 Å². The summed E-state index contributed by atoms with van der Waals surface area (Å²) in [6.07, 6.45) is 2.94. The van der Waals surface area contributed by atoms with Crippen LogP contribution in [0.3, 0.4) is 0 Å². The predicted octanol–water partition coefficient (Wildman–Crippen LogP) is 2.94. The maximum Gasteiger partial charge on any atom is 0.317 e. The molecule has 4 rings (SSSR count). The van der Waals surface area contributed by atoms with Crippen LogP contribution >= 0.6 is 11.6 Å². The first-order valence-electron chi connectivity index (χ1n) is 9.10. The first kappa shape index (κ1) is 18.3. The highest BCUT2D eigenvalue weighted by Crippen LogP contribution is 2.28. The van der Waals surface area contributed by atoms with Gasteiger partial charge in [-0.05, 0) is 42.7 Å². The Labute approximate surface area is 167 Å². The van der Waals surface area contributed by atoms with E-state index in [2.05, 4.69) is 15.4 Å². The van der Waals surface area contributed by atoms with E-state index in [1.807, 2.05) is 30.3 Å². The Kier molecular flexibility index (Phi) is 5.16. The third-order valence-corrected chi connectivity index (χ3v) is 5.02. The summed E-state index contributed by atoms with van der Waals surface area (Å²) in [6.45, 7) is 1.42. The van der Waals surface area contributed by atoms with Gasteiger partial charge in [0.1, 0.15) is 0 Å². The normalized spacial score (nSPS) is 13.2. The number of pyridine rings is 1. The zero-order valence-corrected chi connectivity index (χ0v) is 15.9. The molecule has 1 aliphatic rings. The van der Waals surface area contributed by atoms with Crippen LogP contribution in [0.5, 0.6) is 5.88 Å². The smallest absolute Gasteiger partial charge is 0.317 e. The highest BCUT2D eigenvalue weighted by molar-refractivity contribution is 6.30. The molecule has 2 aromatic heterocycles. The van der Waals surface area contributed by atoms with E-state index in [0.717, 1.165) is 17.5 Å². The van der Waals surface area contributed by atoms with Gasteiger partial charge >= 0.3 is 6.03 Å². The molecule has 7 nitrogen and oxygen atoms in total. The first-order chi connectivity index (χ1) is 13.6. The van der Waals surface area contributed by atoms with Crippen LogP contribution in [-0.4, -0.2) is 43.9 Å². The average molecular weight is 398 g/mol. The van der Waals surface area contributed by atoms with Crippen LogP contribution in [0.4, 0.5) is 4.79 Å². The van der Waals surface area contributed by atoms with Gasteiger partial charge in [-0.1, -0.05) is 29.8 Å². The number of carbonyl (C=O) groups excluding carboxylic acids is 1. The number of rotatable bonds is 4. The number of halogens is 1. The van der Waals surface area contributed by atoms with Gasteiger partial charge in [-0.3, -0.25) is 0 Å². The number of hydrogen-bond acceptors (Lipinski definition) is 4. The molecule has 0 spiro atoms. The molecule has 1 aromatic carbocycles. The maximum atomic E-state index is 12.5. The lowest BCUT2D eigenvalue weighted by Gasteiger charge is -2.26. The van der Waals surface area contributed by atoms with Gasteiger partial charge in [0.15, 0.2) is 5.82 Å². The average Bonchev–Trinajstić information content (AvgIpc) is 3.06. The van der Waals surface area contributed by atoms with Crippen molar-refractivity contribution in [1.82, 2.24) is 25.0 Å². The van der Waals surface area contributed by atoms with Gasteiger partial charge in [0.05, 0.1) is 12.2 Å². The number of carbonyl (C=O) groups is 1. The van der Waals surface area contributed by atoms with Crippen molar-refractivity contribution in [3.63, 3.8) is 0 Å². The molecule has 0 fully saturated rings. The number of hydrogen-bond donors (Lipinski definition) is 2. The Morgan fingerprint density at radius 1 is 1.21 bits per heavy atom. The van der Waals surface area contributed by atoms with E-state index in [9.17, 15) is 9.90 Å². The van der Waals surface area contributed by atoms with E-state index in [4.69, 9.17) is 11.6 Å². The SMILES string of the molecule is O=C(NCCc1ccc(Cl)cc1)N1CCc2c(nn(-c3ccccn3)c2O)C1. The van der Waals surface area contributed by atoms with Crippen molar-refractivity contribution in [2.45, 2.75) is 19.4 Å². The van der Waals surface area contributed by atoms with Crippen LogP contribution in [-0.2, 0) is 19.4 Å². The summed E-state index contributed by atoms with van der Waals surface area (Å²) in [5.74, 6) is 0.643. The number of nitrogens with zero attached hydrogens (tertiary/aromatic N) is 4. The number of nitrogens with one attached hydrogen (secondary N) is 1. The number of urea groups is 1. The van der Waals surface area contributed by atoms with Gasteiger partial charge in [-0.15, -0.1) is 0 Å². The number of benzene rings is 1. The van der Waals surface area contributed by atoms with Gasteiger partial charge in [0.2, 0.25) is 5.88 Å². The van der Waals surface area contributed by atoms with Crippen LogP contribution in [0, 0.1) is 0 Å².